The number of rotatable bonds is 8. The van der Waals surface area contributed by atoms with Crippen molar-refractivity contribution in [2.24, 2.45) is 11.8 Å². The largest absolute Gasteiger partial charge is 0.493 e. The highest BCUT2D eigenvalue weighted by molar-refractivity contribution is 5.82. The van der Waals surface area contributed by atoms with Gasteiger partial charge in [0.05, 0.1) is 33.4 Å². The maximum Gasteiger partial charge on any atom is 0.231 e. The Morgan fingerprint density at radius 2 is 1.62 bits per heavy atom. The number of hydrogen-bond acceptors (Lipinski definition) is 9. The third kappa shape index (κ3) is 4.77. The fourth-order valence-electron chi connectivity index (χ4n) is 6.12. The zero-order chi connectivity index (χ0) is 27.7. The van der Waals surface area contributed by atoms with E-state index in [0.29, 0.717) is 47.4 Å². The summed E-state index contributed by atoms with van der Waals surface area (Å²) in [5, 5.41) is 22.1. The maximum absolute atomic E-state index is 14.3. The molecular weight excluding hydrogens is 504 g/mol. The zero-order valence-corrected chi connectivity index (χ0v) is 22.6. The normalized spacial score (nSPS) is 24.2. The van der Waals surface area contributed by atoms with Gasteiger partial charge in [-0.3, -0.25) is 9.69 Å². The lowest BCUT2D eigenvalue weighted by molar-refractivity contribution is -0.143. The summed E-state index contributed by atoms with van der Waals surface area (Å²) in [5.41, 5.74) is 2.06. The molecule has 3 aliphatic rings. The molecule has 2 aromatic carbocycles. The van der Waals surface area contributed by atoms with Gasteiger partial charge in [0.15, 0.2) is 23.0 Å². The number of amides is 1. The van der Waals surface area contributed by atoms with Crippen molar-refractivity contribution in [2.45, 2.75) is 12.0 Å². The van der Waals surface area contributed by atoms with Crippen molar-refractivity contribution in [1.29, 1.82) is 0 Å². The molecular formula is C29H36N2O8. The molecule has 1 fully saturated rings. The smallest absolute Gasteiger partial charge is 0.231 e. The summed E-state index contributed by atoms with van der Waals surface area (Å²) in [6, 6.07) is 7.25. The summed E-state index contributed by atoms with van der Waals surface area (Å²) in [5.74, 6) is 0.241. The summed E-state index contributed by atoms with van der Waals surface area (Å²) < 4.78 is 28.1. The van der Waals surface area contributed by atoms with Crippen LogP contribution >= 0.6 is 0 Å². The predicted octanol–water partition coefficient (Wildman–Crippen LogP) is 2.17. The highest BCUT2D eigenvalue weighted by Crippen LogP contribution is 2.54. The Labute approximate surface area is 228 Å². The molecule has 2 aliphatic heterocycles. The molecule has 4 atom stereocenters. The van der Waals surface area contributed by atoms with E-state index >= 15 is 0 Å². The van der Waals surface area contributed by atoms with E-state index in [1.54, 1.807) is 20.3 Å². The second-order valence-electron chi connectivity index (χ2n) is 10.0. The van der Waals surface area contributed by atoms with E-state index in [-0.39, 0.29) is 19.3 Å². The van der Waals surface area contributed by atoms with E-state index in [2.05, 4.69) is 11.5 Å². The molecule has 210 valence electrons. The second-order valence-corrected chi connectivity index (χ2v) is 10.0. The molecule has 10 heteroatoms. The summed E-state index contributed by atoms with van der Waals surface area (Å²) in [4.78, 5) is 18.4. The summed E-state index contributed by atoms with van der Waals surface area (Å²) in [6.45, 7) is 6.82. The average Bonchev–Trinajstić information content (AvgIpc) is 3.43. The molecule has 0 saturated carbocycles. The van der Waals surface area contributed by atoms with Gasteiger partial charge in [-0.25, -0.2) is 0 Å². The van der Waals surface area contributed by atoms with Crippen molar-refractivity contribution in [3.05, 3.63) is 53.6 Å². The first-order valence-corrected chi connectivity index (χ1v) is 13.1. The molecule has 1 saturated heterocycles. The molecule has 0 bridgehead atoms. The predicted molar refractivity (Wildman–Crippen MR) is 143 cm³/mol. The standard InChI is InChI=1S/C29H36N2O8/c1-5-6-30-7-9-31(10-8-30)29(34)26-20(15-32)27(33)19-14-22-21(38-16-39-22)13-18(19)25(26)17-11-23(35-2)28(37-4)24(12-17)36-3/h5,11-14,20,25-27,32-33H,1,6-10,15-16H2,2-4H3. The van der Waals surface area contributed by atoms with E-state index in [4.69, 9.17) is 23.7 Å². The molecule has 0 radical (unpaired) electrons. The Morgan fingerprint density at radius 3 is 2.15 bits per heavy atom. The van der Waals surface area contributed by atoms with E-state index in [1.807, 2.05) is 29.2 Å². The van der Waals surface area contributed by atoms with Gasteiger partial charge in [-0.15, -0.1) is 6.58 Å². The van der Waals surface area contributed by atoms with Gasteiger partial charge in [-0.05, 0) is 41.0 Å². The van der Waals surface area contributed by atoms with Crippen LogP contribution in [0.5, 0.6) is 28.7 Å². The minimum absolute atomic E-state index is 0.0734. The number of methoxy groups -OCH3 is 3. The van der Waals surface area contributed by atoms with Crippen LogP contribution in [0.3, 0.4) is 0 Å². The van der Waals surface area contributed by atoms with Gasteiger partial charge in [-0.1, -0.05) is 6.08 Å². The highest BCUT2D eigenvalue weighted by Gasteiger charge is 2.49. The van der Waals surface area contributed by atoms with Gasteiger partial charge in [0, 0.05) is 51.2 Å². The van der Waals surface area contributed by atoms with Crippen LogP contribution in [0.1, 0.15) is 28.7 Å². The lowest BCUT2D eigenvalue weighted by Crippen LogP contribution is -2.53. The van der Waals surface area contributed by atoms with Gasteiger partial charge < -0.3 is 38.8 Å². The fourth-order valence-corrected chi connectivity index (χ4v) is 6.12. The molecule has 0 aromatic heterocycles. The quantitative estimate of drug-likeness (QED) is 0.487. The first-order valence-electron chi connectivity index (χ1n) is 13.1. The minimum Gasteiger partial charge on any atom is -0.493 e. The van der Waals surface area contributed by atoms with E-state index in [1.165, 1.54) is 7.11 Å². The number of carbonyl (C=O) groups is 1. The topological polar surface area (TPSA) is 110 Å². The van der Waals surface area contributed by atoms with Crippen LogP contribution < -0.4 is 23.7 Å². The number of nitrogens with zero attached hydrogens (tertiary/aromatic N) is 2. The highest BCUT2D eigenvalue weighted by atomic mass is 16.7. The average molecular weight is 541 g/mol. The number of fused-ring (bicyclic) bond motifs is 2. The Bertz CT molecular complexity index is 1200. The van der Waals surface area contributed by atoms with E-state index < -0.39 is 23.9 Å². The minimum atomic E-state index is -1.08. The lowest BCUT2D eigenvalue weighted by atomic mass is 9.64. The van der Waals surface area contributed by atoms with Crippen molar-refractivity contribution in [2.75, 3.05) is 67.5 Å². The molecule has 0 spiro atoms. The maximum atomic E-state index is 14.3. The van der Waals surface area contributed by atoms with Crippen molar-refractivity contribution in [3.8, 4) is 28.7 Å². The molecule has 2 heterocycles. The van der Waals surface area contributed by atoms with E-state index in [0.717, 1.165) is 30.8 Å². The Kier molecular flexibility index (Phi) is 7.88. The van der Waals surface area contributed by atoms with Crippen molar-refractivity contribution in [3.63, 3.8) is 0 Å². The molecule has 1 amide bonds. The van der Waals surface area contributed by atoms with Gasteiger partial charge in [0.2, 0.25) is 18.4 Å². The van der Waals surface area contributed by atoms with Crippen molar-refractivity contribution < 1.29 is 38.7 Å². The molecule has 5 rings (SSSR count). The third-order valence-electron chi connectivity index (χ3n) is 8.07. The number of carbonyl (C=O) groups excluding carboxylic acids is 1. The Hall–Kier alpha value is -3.47. The van der Waals surface area contributed by atoms with Crippen molar-refractivity contribution in [1.82, 2.24) is 9.80 Å². The Morgan fingerprint density at radius 1 is 1.00 bits per heavy atom. The first-order chi connectivity index (χ1) is 18.9. The van der Waals surface area contributed by atoms with Gasteiger partial charge in [0.25, 0.3) is 0 Å². The fraction of sp³-hybridized carbons (Fsp3) is 0.483. The van der Waals surface area contributed by atoms with Crippen LogP contribution in [0.2, 0.25) is 0 Å². The van der Waals surface area contributed by atoms with Crippen LogP contribution in [-0.2, 0) is 4.79 Å². The monoisotopic (exact) mass is 540 g/mol. The zero-order valence-electron chi connectivity index (χ0n) is 22.6. The molecule has 2 N–H and O–H groups in total. The van der Waals surface area contributed by atoms with Crippen LogP contribution in [0.25, 0.3) is 0 Å². The number of ether oxygens (including phenoxy) is 5. The first kappa shape index (κ1) is 27.1. The SMILES string of the molecule is C=CCN1CCN(C(=O)C2C(c3cc(OC)c(OC)c(OC)c3)c3cc4c(cc3C(O)C2CO)OCO4)CC1. The lowest BCUT2D eigenvalue weighted by Gasteiger charge is -2.44. The number of piperazine rings is 1. The number of aliphatic hydroxyl groups is 2. The van der Waals surface area contributed by atoms with Gasteiger partial charge in [-0.2, -0.15) is 0 Å². The summed E-state index contributed by atoms with van der Waals surface area (Å²) in [7, 11) is 4.62. The number of aliphatic hydroxyl groups excluding tert-OH is 2. The van der Waals surface area contributed by atoms with Crippen LogP contribution in [-0.4, -0.2) is 93.4 Å². The molecule has 10 nitrogen and oxygen atoms in total. The number of hydrogen-bond donors (Lipinski definition) is 2. The third-order valence-corrected chi connectivity index (χ3v) is 8.07. The van der Waals surface area contributed by atoms with Gasteiger partial charge >= 0.3 is 0 Å². The van der Waals surface area contributed by atoms with E-state index in [9.17, 15) is 15.0 Å². The second kappa shape index (κ2) is 11.3. The molecule has 1 aliphatic carbocycles. The number of benzene rings is 2. The van der Waals surface area contributed by atoms with Crippen LogP contribution in [0.4, 0.5) is 0 Å². The Balaban J connectivity index is 1.65. The van der Waals surface area contributed by atoms with Crippen LogP contribution in [0.15, 0.2) is 36.9 Å². The van der Waals surface area contributed by atoms with Crippen LogP contribution in [0, 0.1) is 11.8 Å². The molecule has 39 heavy (non-hydrogen) atoms. The summed E-state index contributed by atoms with van der Waals surface area (Å²) in [6.07, 6.45) is 0.784. The summed E-state index contributed by atoms with van der Waals surface area (Å²) >= 11 is 0. The molecule has 2 aromatic rings. The van der Waals surface area contributed by atoms with Crippen molar-refractivity contribution >= 4 is 5.91 Å². The van der Waals surface area contributed by atoms with Gasteiger partial charge in [0.1, 0.15) is 0 Å². The molecule has 4 unspecified atom stereocenters.